The van der Waals surface area contributed by atoms with Crippen LogP contribution in [0.15, 0.2) is 41.9 Å². The van der Waals surface area contributed by atoms with Crippen LogP contribution in [0.5, 0.6) is 5.75 Å². The highest BCUT2D eigenvalue weighted by Gasteiger charge is 2.22. The van der Waals surface area contributed by atoms with Crippen molar-refractivity contribution in [2.45, 2.75) is 45.8 Å². The normalized spacial score (nSPS) is 16.5. The van der Waals surface area contributed by atoms with Crippen LogP contribution < -0.4 is 15.4 Å². The summed E-state index contributed by atoms with van der Waals surface area (Å²) in [6.45, 7) is 12.6. The number of likely N-dealkylation sites (N-methyl/N-ethyl adjacent to an activating group) is 1. The maximum atomic E-state index is 5.78. The van der Waals surface area contributed by atoms with Gasteiger partial charge in [-0.1, -0.05) is 37.8 Å². The first-order chi connectivity index (χ1) is 15.1. The Morgan fingerprint density at radius 2 is 2.12 bits per heavy atom. The molecule has 1 aromatic carbocycles. The number of aromatic nitrogens is 3. The van der Waals surface area contributed by atoms with Crippen molar-refractivity contribution in [2.24, 2.45) is 12.0 Å². The summed E-state index contributed by atoms with van der Waals surface area (Å²) >= 11 is 0. The third-order valence-corrected chi connectivity index (χ3v) is 5.74. The number of nitrogens with one attached hydrogen (secondary N) is 2. The number of aryl methyl sites for hydroxylation is 1. The second-order valence-electron chi connectivity index (χ2n) is 7.75. The van der Waals surface area contributed by atoms with Gasteiger partial charge in [-0.3, -0.25) is 4.90 Å². The minimum absolute atomic E-state index is 0. The fourth-order valence-electron chi connectivity index (χ4n) is 3.79. The molecular weight excluding hydrogens is 517 g/mol. The molecule has 1 atom stereocenters. The molecule has 1 fully saturated rings. The molecule has 176 valence electrons. The van der Waals surface area contributed by atoms with Gasteiger partial charge in [-0.25, -0.2) is 4.99 Å². The number of guanidine groups is 1. The number of halogens is 1. The maximum Gasteiger partial charge on any atom is 0.192 e. The van der Waals surface area contributed by atoms with E-state index in [1.54, 1.807) is 6.08 Å². The zero-order chi connectivity index (χ0) is 22.1. The Balaban J connectivity index is 0.00000363. The molecular formula is C23H36IN7O. The molecule has 0 bridgehead atoms. The second-order valence-corrected chi connectivity index (χ2v) is 7.75. The third kappa shape index (κ3) is 7.19. The number of hydrogen-bond acceptors (Lipinski definition) is 5. The lowest BCUT2D eigenvalue weighted by Crippen LogP contribution is -2.44. The first-order valence-corrected chi connectivity index (χ1v) is 11.0. The Morgan fingerprint density at radius 1 is 1.31 bits per heavy atom. The summed E-state index contributed by atoms with van der Waals surface area (Å²) in [5.41, 5.74) is 1.04. The van der Waals surface area contributed by atoms with E-state index in [2.05, 4.69) is 39.2 Å². The number of para-hydroxylation sites is 1. The van der Waals surface area contributed by atoms with Crippen molar-refractivity contribution in [3.8, 4) is 5.75 Å². The standard InChI is InChI=1S/C23H35N7O.HI/c1-5-14-31-21-12-8-7-10-19(21)15-24-23(25-16-20-11-9-13-30(20)6-2)26-17-22-28-27-18(3)29(22)4;/h5,7-8,10,12,20H,1,6,9,11,13-17H2,2-4H3,(H2,24,25,26);1H. The summed E-state index contributed by atoms with van der Waals surface area (Å²) in [6.07, 6.45) is 4.22. The quantitative estimate of drug-likeness (QED) is 0.204. The van der Waals surface area contributed by atoms with Gasteiger partial charge < -0.3 is 19.9 Å². The minimum atomic E-state index is 0. The van der Waals surface area contributed by atoms with Gasteiger partial charge in [-0.15, -0.1) is 34.2 Å². The molecule has 1 unspecified atom stereocenters. The molecule has 32 heavy (non-hydrogen) atoms. The molecule has 0 radical (unpaired) electrons. The van der Waals surface area contributed by atoms with Crippen LogP contribution in [-0.4, -0.2) is 57.9 Å². The average Bonchev–Trinajstić information content (AvgIpc) is 3.38. The van der Waals surface area contributed by atoms with Crippen molar-refractivity contribution in [1.29, 1.82) is 0 Å². The van der Waals surface area contributed by atoms with Crippen LogP contribution in [-0.2, 0) is 20.1 Å². The van der Waals surface area contributed by atoms with Crippen LogP contribution in [0.1, 0.15) is 37.0 Å². The van der Waals surface area contributed by atoms with Gasteiger partial charge >= 0.3 is 0 Å². The molecule has 3 rings (SSSR count). The highest BCUT2D eigenvalue weighted by molar-refractivity contribution is 14.0. The monoisotopic (exact) mass is 553 g/mol. The van der Waals surface area contributed by atoms with E-state index in [1.807, 2.05) is 42.8 Å². The number of nitrogens with zero attached hydrogens (tertiary/aromatic N) is 5. The number of benzene rings is 1. The van der Waals surface area contributed by atoms with E-state index >= 15 is 0 Å². The van der Waals surface area contributed by atoms with Gasteiger partial charge in [0.2, 0.25) is 0 Å². The summed E-state index contributed by atoms with van der Waals surface area (Å²) in [6, 6.07) is 8.53. The lowest BCUT2D eigenvalue weighted by atomic mass is 10.2. The summed E-state index contributed by atoms with van der Waals surface area (Å²) < 4.78 is 7.76. The van der Waals surface area contributed by atoms with Crippen molar-refractivity contribution < 1.29 is 4.74 Å². The van der Waals surface area contributed by atoms with Crippen LogP contribution in [0, 0.1) is 6.92 Å². The Bertz CT molecular complexity index is 883. The van der Waals surface area contributed by atoms with Crippen molar-refractivity contribution in [2.75, 3.05) is 26.2 Å². The maximum absolute atomic E-state index is 5.78. The molecule has 2 aromatic rings. The molecule has 1 aromatic heterocycles. The molecule has 0 aliphatic carbocycles. The van der Waals surface area contributed by atoms with Gasteiger partial charge in [0.25, 0.3) is 0 Å². The number of likely N-dealkylation sites (tertiary alicyclic amines) is 1. The smallest absolute Gasteiger partial charge is 0.192 e. The van der Waals surface area contributed by atoms with Crippen molar-refractivity contribution in [1.82, 2.24) is 30.3 Å². The zero-order valence-corrected chi connectivity index (χ0v) is 21.7. The first-order valence-electron chi connectivity index (χ1n) is 11.0. The summed E-state index contributed by atoms with van der Waals surface area (Å²) in [4.78, 5) is 7.36. The lowest BCUT2D eigenvalue weighted by molar-refractivity contribution is 0.267. The predicted octanol–water partition coefficient (Wildman–Crippen LogP) is 3.03. The molecule has 9 heteroatoms. The SMILES string of the molecule is C=CCOc1ccccc1CN=C(NCc1nnc(C)n1C)NCC1CCCN1CC.I. The summed E-state index contributed by atoms with van der Waals surface area (Å²) in [5, 5.41) is 15.3. The Hall–Kier alpha value is -2.14. The zero-order valence-electron chi connectivity index (χ0n) is 19.4. The van der Waals surface area contributed by atoms with E-state index < -0.39 is 0 Å². The van der Waals surface area contributed by atoms with Crippen LogP contribution in [0.2, 0.25) is 0 Å². The summed E-state index contributed by atoms with van der Waals surface area (Å²) in [5.74, 6) is 3.36. The molecule has 2 N–H and O–H groups in total. The fourth-order valence-corrected chi connectivity index (χ4v) is 3.79. The molecule has 1 aliphatic heterocycles. The van der Waals surface area contributed by atoms with E-state index in [4.69, 9.17) is 9.73 Å². The van der Waals surface area contributed by atoms with Crippen molar-refractivity contribution >= 4 is 29.9 Å². The lowest BCUT2D eigenvalue weighted by Gasteiger charge is -2.24. The number of aliphatic imine (C=N–C) groups is 1. The molecule has 2 heterocycles. The third-order valence-electron chi connectivity index (χ3n) is 5.74. The molecule has 1 saturated heterocycles. The van der Waals surface area contributed by atoms with Crippen LogP contribution >= 0.6 is 24.0 Å². The van der Waals surface area contributed by atoms with Gasteiger partial charge in [0.05, 0.1) is 13.1 Å². The Morgan fingerprint density at radius 3 is 2.84 bits per heavy atom. The van der Waals surface area contributed by atoms with E-state index in [-0.39, 0.29) is 24.0 Å². The van der Waals surface area contributed by atoms with E-state index in [1.165, 1.54) is 19.4 Å². The highest BCUT2D eigenvalue weighted by atomic mass is 127. The van der Waals surface area contributed by atoms with Crippen LogP contribution in [0.25, 0.3) is 0 Å². The molecule has 0 spiro atoms. The predicted molar refractivity (Wildman–Crippen MR) is 140 cm³/mol. The minimum Gasteiger partial charge on any atom is -0.489 e. The number of hydrogen-bond donors (Lipinski definition) is 2. The largest absolute Gasteiger partial charge is 0.489 e. The topological polar surface area (TPSA) is 79.6 Å². The van der Waals surface area contributed by atoms with Gasteiger partial charge in [0, 0.05) is 25.2 Å². The highest BCUT2D eigenvalue weighted by Crippen LogP contribution is 2.19. The number of ether oxygens (including phenoxy) is 1. The second kappa shape index (κ2) is 13.4. The van der Waals surface area contributed by atoms with Crippen LogP contribution in [0.3, 0.4) is 0 Å². The van der Waals surface area contributed by atoms with Crippen molar-refractivity contribution in [3.05, 3.63) is 54.1 Å². The van der Waals surface area contributed by atoms with E-state index in [0.717, 1.165) is 42.0 Å². The van der Waals surface area contributed by atoms with Gasteiger partial charge in [-0.05, 0) is 38.9 Å². The number of rotatable bonds is 10. The first kappa shape index (κ1) is 26.1. The van der Waals surface area contributed by atoms with Gasteiger partial charge in [0.15, 0.2) is 11.8 Å². The van der Waals surface area contributed by atoms with Crippen LogP contribution in [0.4, 0.5) is 0 Å². The molecule has 0 amide bonds. The molecule has 8 nitrogen and oxygen atoms in total. The fraction of sp³-hybridized carbons (Fsp3) is 0.522. The van der Waals surface area contributed by atoms with E-state index in [0.29, 0.717) is 25.7 Å². The van der Waals surface area contributed by atoms with Gasteiger partial charge in [0.1, 0.15) is 18.2 Å². The van der Waals surface area contributed by atoms with E-state index in [9.17, 15) is 0 Å². The molecule has 1 aliphatic rings. The van der Waals surface area contributed by atoms with Gasteiger partial charge in [-0.2, -0.15) is 0 Å². The Labute approximate surface area is 208 Å². The van der Waals surface area contributed by atoms with Crippen molar-refractivity contribution in [3.63, 3.8) is 0 Å². The average molecular weight is 553 g/mol. The molecule has 0 saturated carbocycles. The summed E-state index contributed by atoms with van der Waals surface area (Å²) in [7, 11) is 1.97. The Kier molecular flexibility index (Phi) is 10.9.